The largest absolute Gasteiger partial charge is 0.245 e. The van der Waals surface area contributed by atoms with Crippen molar-refractivity contribution in [3.63, 3.8) is 0 Å². The maximum Gasteiger partial charge on any atom is 0.245 e. The quantitative estimate of drug-likeness (QED) is 0.495. The molecule has 0 saturated carbocycles. The summed E-state index contributed by atoms with van der Waals surface area (Å²) in [5.74, 6) is 8.81. The third-order valence-corrected chi connectivity index (χ3v) is 6.67. The first kappa shape index (κ1) is 22.4. The number of rotatable bonds is 7. The lowest BCUT2D eigenvalue weighted by Crippen LogP contribution is -2.34. The minimum atomic E-state index is -3.84. The summed E-state index contributed by atoms with van der Waals surface area (Å²) in [6, 6.07) is 25.0. The number of aryl methyl sites for hydroxylation is 1. The predicted octanol–water partition coefficient (Wildman–Crippen LogP) is 5.06. The van der Waals surface area contributed by atoms with Crippen LogP contribution in [0, 0.1) is 24.2 Å². The lowest BCUT2D eigenvalue weighted by Gasteiger charge is -2.26. The van der Waals surface area contributed by atoms with Crippen LogP contribution in [-0.4, -0.2) is 19.3 Å². The van der Waals surface area contributed by atoms with Gasteiger partial charge in [-0.25, -0.2) is 8.42 Å². The molecule has 0 aromatic heterocycles. The van der Waals surface area contributed by atoms with Gasteiger partial charge in [0.1, 0.15) is 6.04 Å². The Balaban J connectivity index is 2.05. The molecule has 4 heteroatoms. The Morgan fingerprint density at radius 2 is 1.52 bits per heavy atom. The van der Waals surface area contributed by atoms with Crippen molar-refractivity contribution in [3.05, 3.63) is 102 Å². The van der Waals surface area contributed by atoms with Gasteiger partial charge in [0, 0.05) is 5.56 Å². The van der Waals surface area contributed by atoms with Crippen molar-refractivity contribution in [3.8, 4) is 24.2 Å². The van der Waals surface area contributed by atoms with Gasteiger partial charge in [-0.3, -0.25) is 0 Å². The summed E-state index contributed by atoms with van der Waals surface area (Å²) in [5, 5.41) is 0. The van der Waals surface area contributed by atoms with E-state index < -0.39 is 16.1 Å². The molecule has 3 nitrogen and oxygen atoms in total. The fraction of sp³-hybridized carbons (Fsp3) is 0.185. The fourth-order valence-electron chi connectivity index (χ4n) is 3.28. The molecule has 0 amide bonds. The highest BCUT2D eigenvalue weighted by Crippen LogP contribution is 2.27. The highest BCUT2D eigenvalue weighted by molar-refractivity contribution is 7.89. The lowest BCUT2D eigenvalue weighted by atomic mass is 10.1. The van der Waals surface area contributed by atoms with Gasteiger partial charge in [0.25, 0.3) is 0 Å². The number of sulfonamides is 1. The van der Waals surface area contributed by atoms with Gasteiger partial charge in [0.05, 0.1) is 11.4 Å². The molecule has 0 spiro atoms. The average Bonchev–Trinajstić information content (AvgIpc) is 2.81. The predicted molar refractivity (Wildman–Crippen MR) is 126 cm³/mol. The first-order chi connectivity index (χ1) is 15.1. The molecule has 0 bridgehead atoms. The van der Waals surface area contributed by atoms with Crippen LogP contribution in [0.3, 0.4) is 0 Å². The maximum absolute atomic E-state index is 13.4. The van der Waals surface area contributed by atoms with E-state index in [9.17, 15) is 8.42 Å². The summed E-state index contributed by atoms with van der Waals surface area (Å²) in [6.07, 6.45) is 7.67. The standard InChI is InChI=1S/C27H25NO2S/c1-3-11-23-16-18-24(19-17-23)20-21-27(25-12-7-5-8-13-25)28(22-4-2)31(29,30)26-14-9-6-10-15-26/h2,5-10,12-19,27H,3,11,22H2,1H3. The molecule has 0 fully saturated rings. The molecule has 0 aliphatic rings. The second-order valence-electron chi connectivity index (χ2n) is 7.10. The van der Waals surface area contributed by atoms with Crippen molar-refractivity contribution in [2.75, 3.05) is 6.54 Å². The Morgan fingerprint density at radius 1 is 0.903 bits per heavy atom. The lowest BCUT2D eigenvalue weighted by molar-refractivity contribution is 0.410. The molecule has 0 radical (unpaired) electrons. The molecule has 1 unspecified atom stereocenters. The van der Waals surface area contributed by atoms with E-state index in [1.54, 1.807) is 30.3 Å². The van der Waals surface area contributed by atoms with Gasteiger partial charge in [-0.05, 0) is 41.8 Å². The molecule has 0 N–H and O–H groups in total. The zero-order valence-corrected chi connectivity index (χ0v) is 18.3. The van der Waals surface area contributed by atoms with E-state index in [0.29, 0.717) is 0 Å². The highest BCUT2D eigenvalue weighted by atomic mass is 32.2. The van der Waals surface area contributed by atoms with Crippen LogP contribution >= 0.6 is 0 Å². The Morgan fingerprint density at radius 3 is 2.10 bits per heavy atom. The molecule has 3 aromatic carbocycles. The van der Waals surface area contributed by atoms with Gasteiger partial charge >= 0.3 is 0 Å². The van der Waals surface area contributed by atoms with Crippen LogP contribution < -0.4 is 0 Å². The number of hydrogen-bond acceptors (Lipinski definition) is 2. The van der Waals surface area contributed by atoms with E-state index in [1.165, 1.54) is 9.87 Å². The van der Waals surface area contributed by atoms with E-state index in [-0.39, 0.29) is 11.4 Å². The summed E-state index contributed by atoms with van der Waals surface area (Å²) in [7, 11) is -3.84. The Kier molecular flexibility index (Phi) is 7.68. The van der Waals surface area contributed by atoms with Crippen molar-refractivity contribution in [2.24, 2.45) is 0 Å². The SMILES string of the molecule is C#CCN(C(C#Cc1ccc(CCC)cc1)c1ccccc1)S(=O)(=O)c1ccccc1. The van der Waals surface area contributed by atoms with E-state index in [1.807, 2.05) is 42.5 Å². The Bertz CT molecular complexity index is 1180. The minimum Gasteiger partial charge on any atom is -0.207 e. The molecule has 0 saturated heterocycles. The molecule has 31 heavy (non-hydrogen) atoms. The van der Waals surface area contributed by atoms with Gasteiger partial charge in [0.15, 0.2) is 0 Å². The zero-order valence-electron chi connectivity index (χ0n) is 17.5. The van der Waals surface area contributed by atoms with Crippen LogP contribution in [0.25, 0.3) is 0 Å². The van der Waals surface area contributed by atoms with Crippen LogP contribution in [0.2, 0.25) is 0 Å². The van der Waals surface area contributed by atoms with Crippen molar-refractivity contribution in [2.45, 2.75) is 30.7 Å². The fourth-order valence-corrected chi connectivity index (χ4v) is 4.75. The van der Waals surface area contributed by atoms with Gasteiger partial charge in [0.2, 0.25) is 10.0 Å². The van der Waals surface area contributed by atoms with E-state index >= 15 is 0 Å². The number of benzene rings is 3. The third-order valence-electron chi connectivity index (χ3n) is 4.85. The molecule has 1 atom stereocenters. The number of terminal acetylenes is 1. The molecule has 3 aromatic rings. The maximum atomic E-state index is 13.4. The summed E-state index contributed by atoms with van der Waals surface area (Å²) in [4.78, 5) is 0.192. The highest BCUT2D eigenvalue weighted by Gasteiger charge is 2.31. The van der Waals surface area contributed by atoms with E-state index in [0.717, 1.165) is 24.0 Å². The van der Waals surface area contributed by atoms with Crippen LogP contribution in [0.4, 0.5) is 0 Å². The summed E-state index contributed by atoms with van der Waals surface area (Å²) < 4.78 is 28.1. The zero-order chi connectivity index (χ0) is 22.1. The van der Waals surface area contributed by atoms with Crippen LogP contribution in [0.1, 0.15) is 36.1 Å². The van der Waals surface area contributed by atoms with Crippen LogP contribution in [-0.2, 0) is 16.4 Å². The van der Waals surface area contributed by atoms with Crippen LogP contribution in [0.15, 0.2) is 89.8 Å². The van der Waals surface area contributed by atoms with Gasteiger partial charge in [-0.1, -0.05) is 91.8 Å². The summed E-state index contributed by atoms with van der Waals surface area (Å²) in [5.41, 5.74) is 2.86. The van der Waals surface area contributed by atoms with Crippen LogP contribution in [0.5, 0.6) is 0 Å². The molecule has 156 valence electrons. The normalized spacial score (nSPS) is 11.9. The van der Waals surface area contributed by atoms with Crippen molar-refractivity contribution in [1.82, 2.24) is 4.31 Å². The molecular formula is C27H25NO2S. The summed E-state index contributed by atoms with van der Waals surface area (Å²) in [6.45, 7) is 2.06. The van der Waals surface area contributed by atoms with Gasteiger partial charge in [-0.15, -0.1) is 6.42 Å². The third kappa shape index (κ3) is 5.64. The number of hydrogen-bond donors (Lipinski definition) is 0. The molecule has 0 heterocycles. The molecular weight excluding hydrogens is 402 g/mol. The Hall–Kier alpha value is -3.31. The van der Waals surface area contributed by atoms with E-state index in [2.05, 4.69) is 36.8 Å². The smallest absolute Gasteiger partial charge is 0.207 e. The monoisotopic (exact) mass is 427 g/mol. The second-order valence-corrected chi connectivity index (χ2v) is 8.99. The molecule has 3 rings (SSSR count). The average molecular weight is 428 g/mol. The first-order valence-electron chi connectivity index (χ1n) is 10.2. The summed E-state index contributed by atoms with van der Waals surface area (Å²) >= 11 is 0. The first-order valence-corrected chi connectivity index (χ1v) is 11.7. The van der Waals surface area contributed by atoms with Crippen molar-refractivity contribution in [1.29, 1.82) is 0 Å². The molecule has 0 aliphatic heterocycles. The minimum absolute atomic E-state index is 0.0824. The van der Waals surface area contributed by atoms with E-state index in [4.69, 9.17) is 6.42 Å². The topological polar surface area (TPSA) is 37.4 Å². The second kappa shape index (κ2) is 10.6. The van der Waals surface area contributed by atoms with Gasteiger partial charge in [-0.2, -0.15) is 4.31 Å². The van der Waals surface area contributed by atoms with Gasteiger partial charge < -0.3 is 0 Å². The Labute approximate surface area is 185 Å². The van der Waals surface area contributed by atoms with Crippen molar-refractivity contribution >= 4 is 10.0 Å². The number of nitrogens with zero attached hydrogens (tertiary/aromatic N) is 1. The van der Waals surface area contributed by atoms with Crippen molar-refractivity contribution < 1.29 is 8.42 Å². The molecule has 0 aliphatic carbocycles.